The van der Waals surface area contributed by atoms with Crippen molar-refractivity contribution in [2.75, 3.05) is 31.1 Å². The topological polar surface area (TPSA) is 55.2 Å². The van der Waals surface area contributed by atoms with Crippen molar-refractivity contribution in [1.82, 2.24) is 14.7 Å². The minimum Gasteiger partial charge on any atom is -0.299 e. The van der Waals surface area contributed by atoms with E-state index in [2.05, 4.69) is 46.4 Å². The number of rotatable bonds is 5. The monoisotopic (exact) mass is 371 g/mol. The zero-order valence-electron chi connectivity index (χ0n) is 14.9. The van der Waals surface area contributed by atoms with Crippen molar-refractivity contribution >= 4 is 15.4 Å². The number of benzene rings is 1. The van der Waals surface area contributed by atoms with Gasteiger partial charge in [0.1, 0.15) is 0 Å². The van der Waals surface area contributed by atoms with Crippen molar-refractivity contribution in [3.05, 3.63) is 59.9 Å². The predicted octanol–water partition coefficient (Wildman–Crippen LogP) is 2.57. The molecule has 0 radical (unpaired) electrons. The van der Waals surface area contributed by atoms with Crippen LogP contribution in [0.4, 0.5) is 0 Å². The molecular formula is C20H25N3O2S. The molecule has 0 aliphatic carbocycles. The van der Waals surface area contributed by atoms with E-state index >= 15 is 0 Å². The fourth-order valence-electron chi connectivity index (χ4n) is 3.80. The normalized spacial score (nSPS) is 23.1. The molecule has 6 heteroatoms. The number of sulfone groups is 1. The summed E-state index contributed by atoms with van der Waals surface area (Å²) >= 11 is 0. The van der Waals surface area contributed by atoms with Crippen LogP contribution in [-0.2, 0) is 16.3 Å². The maximum absolute atomic E-state index is 11.7. The Hall–Kier alpha value is -1.92. The smallest absolute Gasteiger partial charge is 0.152 e. The Labute approximate surface area is 155 Å². The van der Waals surface area contributed by atoms with Gasteiger partial charge in [0.2, 0.25) is 0 Å². The molecule has 1 saturated heterocycles. The zero-order valence-corrected chi connectivity index (χ0v) is 15.7. The highest BCUT2D eigenvalue weighted by Crippen LogP contribution is 2.26. The fraction of sp³-hybridized carbons (Fsp3) is 0.450. The van der Waals surface area contributed by atoms with Crippen LogP contribution in [0.2, 0.25) is 0 Å². The predicted molar refractivity (Wildman–Crippen MR) is 104 cm³/mol. The van der Waals surface area contributed by atoms with Crippen LogP contribution in [0.15, 0.2) is 48.8 Å². The molecule has 0 saturated carbocycles. The van der Waals surface area contributed by atoms with Crippen LogP contribution in [0, 0.1) is 0 Å². The zero-order chi connectivity index (χ0) is 18.0. The average Bonchev–Trinajstić information content (AvgIpc) is 3.28. The van der Waals surface area contributed by atoms with Gasteiger partial charge >= 0.3 is 0 Å². The Bertz CT molecular complexity index is 887. The standard InChI is InChI=1S/C20H25N3O2S/c24-26(25)13-9-20(16-26)23-15-19(14-21-23)18-7-11-22(12-8-18)10-6-17-4-2-1-3-5-17/h1-5,7,14-15,20H,6,8-13,16H2/t20-/m1/s1. The lowest BCUT2D eigenvalue weighted by molar-refractivity contribution is 0.306. The Kier molecular flexibility index (Phi) is 4.96. The summed E-state index contributed by atoms with van der Waals surface area (Å²) in [5, 5.41) is 4.43. The second-order valence-electron chi connectivity index (χ2n) is 7.28. The quantitative estimate of drug-likeness (QED) is 0.811. The van der Waals surface area contributed by atoms with Crippen LogP contribution in [-0.4, -0.2) is 54.2 Å². The van der Waals surface area contributed by atoms with Crippen molar-refractivity contribution in [3.63, 3.8) is 0 Å². The molecule has 0 bridgehead atoms. The summed E-state index contributed by atoms with van der Waals surface area (Å²) in [5.41, 5.74) is 3.85. The number of hydrogen-bond donors (Lipinski definition) is 0. The van der Waals surface area contributed by atoms with Crippen LogP contribution in [0.1, 0.15) is 30.0 Å². The molecular weight excluding hydrogens is 346 g/mol. The van der Waals surface area contributed by atoms with Crippen LogP contribution >= 0.6 is 0 Å². The lowest BCUT2D eigenvalue weighted by Crippen LogP contribution is -2.30. The molecule has 3 heterocycles. The lowest BCUT2D eigenvalue weighted by Gasteiger charge is -2.26. The Morgan fingerprint density at radius 3 is 2.73 bits per heavy atom. The second kappa shape index (κ2) is 7.37. The Morgan fingerprint density at radius 1 is 1.19 bits per heavy atom. The molecule has 1 fully saturated rings. The third kappa shape index (κ3) is 4.07. The molecule has 0 spiro atoms. The fourth-order valence-corrected chi connectivity index (χ4v) is 5.50. The van der Waals surface area contributed by atoms with E-state index in [0.717, 1.165) is 38.0 Å². The molecule has 0 N–H and O–H groups in total. The van der Waals surface area contributed by atoms with E-state index in [9.17, 15) is 8.42 Å². The van der Waals surface area contributed by atoms with E-state index in [1.807, 2.05) is 17.1 Å². The van der Waals surface area contributed by atoms with Gasteiger partial charge in [-0.15, -0.1) is 0 Å². The first-order valence-corrected chi connectivity index (χ1v) is 11.1. The molecule has 2 aromatic rings. The number of hydrogen-bond acceptors (Lipinski definition) is 4. The molecule has 1 aromatic carbocycles. The van der Waals surface area contributed by atoms with Crippen molar-refractivity contribution in [3.8, 4) is 0 Å². The van der Waals surface area contributed by atoms with Gasteiger partial charge in [-0.3, -0.25) is 9.58 Å². The van der Waals surface area contributed by atoms with Crippen LogP contribution < -0.4 is 0 Å². The summed E-state index contributed by atoms with van der Waals surface area (Å²) in [6.45, 7) is 3.10. The molecule has 2 aliphatic heterocycles. The third-order valence-corrected chi connectivity index (χ3v) is 7.16. The summed E-state index contributed by atoms with van der Waals surface area (Å²) in [7, 11) is -2.88. The molecule has 0 unspecified atom stereocenters. The van der Waals surface area contributed by atoms with Gasteiger partial charge in [0.25, 0.3) is 0 Å². The van der Waals surface area contributed by atoms with Gasteiger partial charge in [0.15, 0.2) is 9.84 Å². The molecule has 1 atom stereocenters. The average molecular weight is 372 g/mol. The molecule has 26 heavy (non-hydrogen) atoms. The van der Waals surface area contributed by atoms with Crippen molar-refractivity contribution < 1.29 is 8.42 Å². The number of nitrogens with zero attached hydrogens (tertiary/aromatic N) is 3. The molecule has 4 rings (SSSR count). The van der Waals surface area contributed by atoms with Gasteiger partial charge in [-0.05, 0) is 30.4 Å². The summed E-state index contributed by atoms with van der Waals surface area (Å²) in [6, 6.07) is 10.6. The first-order valence-electron chi connectivity index (χ1n) is 9.29. The molecule has 1 aromatic heterocycles. The minimum atomic E-state index is -2.88. The molecule has 0 amide bonds. The maximum Gasteiger partial charge on any atom is 0.152 e. The van der Waals surface area contributed by atoms with Crippen LogP contribution in [0.25, 0.3) is 5.57 Å². The Morgan fingerprint density at radius 2 is 2.04 bits per heavy atom. The van der Waals surface area contributed by atoms with Gasteiger partial charge in [-0.1, -0.05) is 36.4 Å². The van der Waals surface area contributed by atoms with E-state index in [1.54, 1.807) is 0 Å². The first kappa shape index (κ1) is 17.5. The minimum absolute atomic E-state index is 0.000288. The first-order chi connectivity index (χ1) is 12.6. The largest absolute Gasteiger partial charge is 0.299 e. The molecule has 138 valence electrons. The van der Waals surface area contributed by atoms with Crippen molar-refractivity contribution in [1.29, 1.82) is 0 Å². The van der Waals surface area contributed by atoms with Gasteiger partial charge < -0.3 is 0 Å². The summed E-state index contributed by atoms with van der Waals surface area (Å²) in [6.07, 6.45) is 8.98. The summed E-state index contributed by atoms with van der Waals surface area (Å²) < 4.78 is 25.2. The summed E-state index contributed by atoms with van der Waals surface area (Å²) in [5.74, 6) is 0.506. The van der Waals surface area contributed by atoms with Crippen LogP contribution in [0.5, 0.6) is 0 Å². The maximum atomic E-state index is 11.7. The van der Waals surface area contributed by atoms with E-state index in [0.29, 0.717) is 6.42 Å². The molecule has 5 nitrogen and oxygen atoms in total. The Balaban J connectivity index is 1.34. The summed E-state index contributed by atoms with van der Waals surface area (Å²) in [4.78, 5) is 2.48. The SMILES string of the molecule is O=S1(=O)CC[C@@H](n2cc(C3=CCN(CCc4ccccc4)CC3)cn2)C1. The van der Waals surface area contributed by atoms with Gasteiger partial charge in [0, 0.05) is 31.4 Å². The van der Waals surface area contributed by atoms with E-state index < -0.39 is 9.84 Å². The number of aromatic nitrogens is 2. The van der Waals surface area contributed by atoms with E-state index in [1.165, 1.54) is 11.1 Å². The van der Waals surface area contributed by atoms with Gasteiger partial charge in [-0.2, -0.15) is 5.10 Å². The highest BCUT2D eigenvalue weighted by Gasteiger charge is 2.29. The lowest BCUT2D eigenvalue weighted by atomic mass is 10.0. The third-order valence-electron chi connectivity index (χ3n) is 5.41. The van der Waals surface area contributed by atoms with Gasteiger partial charge in [0.05, 0.1) is 23.7 Å². The van der Waals surface area contributed by atoms with Gasteiger partial charge in [-0.25, -0.2) is 8.42 Å². The van der Waals surface area contributed by atoms with Crippen LogP contribution in [0.3, 0.4) is 0 Å². The van der Waals surface area contributed by atoms with Crippen molar-refractivity contribution in [2.24, 2.45) is 0 Å². The van der Waals surface area contributed by atoms with E-state index in [-0.39, 0.29) is 17.5 Å². The van der Waals surface area contributed by atoms with E-state index in [4.69, 9.17) is 0 Å². The highest BCUT2D eigenvalue weighted by molar-refractivity contribution is 7.91. The second-order valence-corrected chi connectivity index (χ2v) is 9.51. The molecule has 2 aliphatic rings. The van der Waals surface area contributed by atoms with Crippen molar-refractivity contribution in [2.45, 2.75) is 25.3 Å². The highest BCUT2D eigenvalue weighted by atomic mass is 32.2.